The fraction of sp³-hybridized carbons (Fsp3) is 0.571. The molecule has 3 nitrogen and oxygen atoms in total. The van der Waals surface area contributed by atoms with Gasteiger partial charge in [0.05, 0.1) is 0 Å². The molecule has 0 aliphatic rings. The summed E-state index contributed by atoms with van der Waals surface area (Å²) >= 11 is 5.76. The molecule has 0 saturated heterocycles. The summed E-state index contributed by atoms with van der Waals surface area (Å²) in [6.45, 7) is 9.41. The van der Waals surface area contributed by atoms with Crippen molar-refractivity contribution in [2.75, 3.05) is 6.54 Å². The molecule has 0 aromatic carbocycles. The third kappa shape index (κ3) is 4.30. The van der Waals surface area contributed by atoms with Crippen LogP contribution in [0.5, 0.6) is 0 Å². The van der Waals surface area contributed by atoms with Crippen molar-refractivity contribution in [1.82, 2.24) is 10.3 Å². The van der Waals surface area contributed by atoms with E-state index in [0.29, 0.717) is 35.0 Å². The number of amides is 1. The van der Waals surface area contributed by atoms with Gasteiger partial charge >= 0.3 is 0 Å². The number of halogens is 1. The van der Waals surface area contributed by atoms with Crippen molar-refractivity contribution in [3.05, 3.63) is 29.0 Å². The first-order valence-corrected chi connectivity index (χ1v) is 6.69. The Bertz CT molecular complexity index is 397. The van der Waals surface area contributed by atoms with Crippen LogP contribution in [-0.2, 0) is 0 Å². The highest BCUT2D eigenvalue weighted by atomic mass is 35.5. The van der Waals surface area contributed by atoms with Gasteiger partial charge in [0.2, 0.25) is 0 Å². The number of hydrogen-bond acceptors (Lipinski definition) is 2. The second kappa shape index (κ2) is 6.74. The van der Waals surface area contributed by atoms with Crippen LogP contribution >= 0.6 is 11.6 Å². The van der Waals surface area contributed by atoms with E-state index < -0.39 is 0 Å². The van der Waals surface area contributed by atoms with Crippen LogP contribution in [-0.4, -0.2) is 17.4 Å². The molecule has 0 fully saturated rings. The van der Waals surface area contributed by atoms with E-state index in [-0.39, 0.29) is 5.91 Å². The number of nitrogens with one attached hydrogen (secondary N) is 1. The van der Waals surface area contributed by atoms with Crippen molar-refractivity contribution < 1.29 is 4.79 Å². The van der Waals surface area contributed by atoms with E-state index in [1.165, 1.54) is 0 Å². The third-order valence-corrected chi connectivity index (χ3v) is 3.41. The summed E-state index contributed by atoms with van der Waals surface area (Å²) in [5.41, 5.74) is 0.557. The zero-order valence-electron chi connectivity index (χ0n) is 11.4. The van der Waals surface area contributed by atoms with Gasteiger partial charge in [-0.1, -0.05) is 39.3 Å². The van der Waals surface area contributed by atoms with Gasteiger partial charge in [0, 0.05) is 18.3 Å². The number of carbonyl (C=O) groups is 1. The maximum Gasteiger partial charge on any atom is 0.251 e. The molecule has 4 heteroatoms. The Labute approximate surface area is 114 Å². The molecule has 18 heavy (non-hydrogen) atoms. The lowest BCUT2D eigenvalue weighted by molar-refractivity contribution is 0.0937. The number of aromatic nitrogens is 1. The Morgan fingerprint density at radius 1 is 1.33 bits per heavy atom. The van der Waals surface area contributed by atoms with E-state index in [4.69, 9.17) is 11.6 Å². The van der Waals surface area contributed by atoms with Gasteiger partial charge in [0.1, 0.15) is 5.15 Å². The molecule has 1 aromatic heterocycles. The standard InChI is InChI=1S/C14H21ClN2O/c1-9(2)12(10(3)4)8-17-14(18)11-5-6-16-13(15)7-11/h5-7,9-10,12H,8H2,1-4H3,(H,17,18). The van der Waals surface area contributed by atoms with Gasteiger partial charge in [-0.05, 0) is 29.9 Å². The third-order valence-electron chi connectivity index (χ3n) is 3.20. The maximum absolute atomic E-state index is 11.9. The number of rotatable bonds is 5. The van der Waals surface area contributed by atoms with Crippen LogP contribution in [0.15, 0.2) is 18.3 Å². The van der Waals surface area contributed by atoms with Crippen LogP contribution in [0.4, 0.5) is 0 Å². The SMILES string of the molecule is CC(C)C(CNC(=O)c1ccnc(Cl)c1)C(C)C. The van der Waals surface area contributed by atoms with E-state index >= 15 is 0 Å². The topological polar surface area (TPSA) is 42.0 Å². The number of hydrogen-bond donors (Lipinski definition) is 1. The van der Waals surface area contributed by atoms with Gasteiger partial charge in [-0.3, -0.25) is 4.79 Å². The van der Waals surface area contributed by atoms with Crippen LogP contribution in [0.2, 0.25) is 5.15 Å². The minimum absolute atomic E-state index is 0.0920. The second-order valence-corrected chi connectivity index (χ2v) is 5.62. The molecule has 0 radical (unpaired) electrons. The van der Waals surface area contributed by atoms with Crippen LogP contribution in [0, 0.1) is 17.8 Å². The molecule has 1 rings (SSSR count). The predicted molar refractivity (Wildman–Crippen MR) is 74.7 cm³/mol. The van der Waals surface area contributed by atoms with Gasteiger partial charge in [-0.25, -0.2) is 4.98 Å². The smallest absolute Gasteiger partial charge is 0.251 e. The Balaban J connectivity index is 2.60. The van der Waals surface area contributed by atoms with Gasteiger partial charge in [-0.2, -0.15) is 0 Å². The lowest BCUT2D eigenvalue weighted by Crippen LogP contribution is -2.33. The van der Waals surface area contributed by atoms with Crippen LogP contribution < -0.4 is 5.32 Å². The minimum Gasteiger partial charge on any atom is -0.352 e. The molecule has 0 spiro atoms. The Morgan fingerprint density at radius 3 is 2.44 bits per heavy atom. The largest absolute Gasteiger partial charge is 0.352 e. The summed E-state index contributed by atoms with van der Waals surface area (Å²) in [5.74, 6) is 1.48. The first kappa shape index (κ1) is 15.0. The van der Waals surface area contributed by atoms with Crippen molar-refractivity contribution in [3.63, 3.8) is 0 Å². The van der Waals surface area contributed by atoms with Gasteiger partial charge in [0.15, 0.2) is 0 Å². The molecule has 0 atom stereocenters. The second-order valence-electron chi connectivity index (χ2n) is 5.23. The highest BCUT2D eigenvalue weighted by molar-refractivity contribution is 6.29. The average molecular weight is 269 g/mol. The van der Waals surface area contributed by atoms with E-state index in [0.717, 1.165) is 0 Å². The molecule has 0 bridgehead atoms. The summed E-state index contributed by atoms with van der Waals surface area (Å²) in [6.07, 6.45) is 1.54. The highest BCUT2D eigenvalue weighted by Crippen LogP contribution is 2.19. The van der Waals surface area contributed by atoms with E-state index in [2.05, 4.69) is 38.0 Å². The number of pyridine rings is 1. The van der Waals surface area contributed by atoms with Gasteiger partial charge in [0.25, 0.3) is 5.91 Å². The summed E-state index contributed by atoms with van der Waals surface area (Å²) in [5, 5.41) is 3.30. The molecule has 0 saturated carbocycles. The Kier molecular flexibility index (Phi) is 5.60. The first-order valence-electron chi connectivity index (χ1n) is 6.31. The van der Waals surface area contributed by atoms with Crippen molar-refractivity contribution >= 4 is 17.5 Å². The summed E-state index contributed by atoms with van der Waals surface area (Å²) in [6, 6.07) is 3.25. The van der Waals surface area contributed by atoms with Crippen molar-refractivity contribution in [1.29, 1.82) is 0 Å². The quantitative estimate of drug-likeness (QED) is 0.832. The molecule has 1 N–H and O–H groups in total. The zero-order chi connectivity index (χ0) is 13.7. The zero-order valence-corrected chi connectivity index (χ0v) is 12.2. The Morgan fingerprint density at radius 2 is 1.94 bits per heavy atom. The van der Waals surface area contributed by atoms with E-state index in [9.17, 15) is 4.79 Å². The number of nitrogens with zero attached hydrogens (tertiary/aromatic N) is 1. The van der Waals surface area contributed by atoms with Crippen molar-refractivity contribution in [2.45, 2.75) is 27.7 Å². The summed E-state index contributed by atoms with van der Waals surface area (Å²) in [4.78, 5) is 15.8. The lowest BCUT2D eigenvalue weighted by Gasteiger charge is -2.25. The molecule has 0 aliphatic heterocycles. The fourth-order valence-electron chi connectivity index (χ4n) is 2.10. The predicted octanol–water partition coefficient (Wildman–Crippen LogP) is 3.39. The highest BCUT2D eigenvalue weighted by Gasteiger charge is 2.18. The van der Waals surface area contributed by atoms with Crippen LogP contribution in [0.1, 0.15) is 38.1 Å². The lowest BCUT2D eigenvalue weighted by atomic mass is 9.85. The molecule has 1 aromatic rings. The van der Waals surface area contributed by atoms with Crippen LogP contribution in [0.25, 0.3) is 0 Å². The van der Waals surface area contributed by atoms with Crippen molar-refractivity contribution in [3.8, 4) is 0 Å². The molecule has 0 aliphatic carbocycles. The Hall–Kier alpha value is -1.09. The molecule has 1 heterocycles. The molecule has 100 valence electrons. The van der Waals surface area contributed by atoms with Gasteiger partial charge < -0.3 is 5.32 Å². The monoisotopic (exact) mass is 268 g/mol. The number of carbonyl (C=O) groups excluding carboxylic acids is 1. The average Bonchev–Trinajstić information content (AvgIpc) is 2.28. The fourth-order valence-corrected chi connectivity index (χ4v) is 2.27. The van der Waals surface area contributed by atoms with Crippen LogP contribution in [0.3, 0.4) is 0 Å². The summed E-state index contributed by atoms with van der Waals surface area (Å²) < 4.78 is 0. The van der Waals surface area contributed by atoms with Crippen molar-refractivity contribution in [2.24, 2.45) is 17.8 Å². The van der Waals surface area contributed by atoms with E-state index in [1.54, 1.807) is 18.3 Å². The first-order chi connectivity index (χ1) is 8.41. The molecular weight excluding hydrogens is 248 g/mol. The normalized spacial score (nSPS) is 11.3. The summed E-state index contributed by atoms with van der Waals surface area (Å²) in [7, 11) is 0. The molecule has 0 unspecified atom stereocenters. The van der Waals surface area contributed by atoms with Gasteiger partial charge in [-0.15, -0.1) is 0 Å². The molecule has 1 amide bonds. The molecular formula is C14H21ClN2O. The van der Waals surface area contributed by atoms with E-state index in [1.807, 2.05) is 0 Å². The maximum atomic E-state index is 11.9. The minimum atomic E-state index is -0.0920.